The summed E-state index contributed by atoms with van der Waals surface area (Å²) in [5.74, 6) is 0.291. The highest BCUT2D eigenvalue weighted by atomic mass is 16.3. The first kappa shape index (κ1) is 20.7. The van der Waals surface area contributed by atoms with Gasteiger partial charge in [-0.15, -0.1) is 0 Å². The van der Waals surface area contributed by atoms with E-state index in [0.29, 0.717) is 24.5 Å². The fraction of sp³-hybridized carbons (Fsp3) is 0.333. The molecule has 3 heterocycles. The van der Waals surface area contributed by atoms with Crippen LogP contribution < -0.4 is 5.69 Å². The van der Waals surface area contributed by atoms with Crippen molar-refractivity contribution in [1.82, 2.24) is 24.4 Å². The molecule has 1 aliphatic rings. The van der Waals surface area contributed by atoms with Crippen molar-refractivity contribution in [1.29, 1.82) is 0 Å². The zero-order valence-electron chi connectivity index (χ0n) is 17.9. The number of aromatic hydroxyl groups is 1. The quantitative estimate of drug-likeness (QED) is 0.446. The monoisotopic (exact) mass is 433 g/mol. The molecular weight excluding hydrogens is 406 g/mol. The van der Waals surface area contributed by atoms with E-state index in [4.69, 9.17) is 0 Å². The summed E-state index contributed by atoms with van der Waals surface area (Å²) in [6.07, 6.45) is 1.04. The van der Waals surface area contributed by atoms with E-state index in [1.54, 1.807) is 10.5 Å². The summed E-state index contributed by atoms with van der Waals surface area (Å²) in [5, 5.41) is 27.3. The summed E-state index contributed by atoms with van der Waals surface area (Å²) in [7, 11) is 0. The maximum Gasteiger partial charge on any atom is 0.348 e. The molecule has 1 saturated heterocycles. The number of fused-ring (bicyclic) bond motifs is 3. The van der Waals surface area contributed by atoms with Crippen LogP contribution in [-0.4, -0.2) is 73.9 Å². The van der Waals surface area contributed by atoms with E-state index in [0.717, 1.165) is 60.2 Å². The molecule has 2 aromatic carbocycles. The lowest BCUT2D eigenvalue weighted by Crippen LogP contribution is -2.32. The van der Waals surface area contributed by atoms with E-state index < -0.39 is 0 Å². The number of phenolic OH excluding ortho intramolecular Hbond substituents is 1. The van der Waals surface area contributed by atoms with Crippen LogP contribution in [0.4, 0.5) is 0 Å². The Kier molecular flexibility index (Phi) is 5.65. The zero-order valence-corrected chi connectivity index (χ0v) is 17.9. The van der Waals surface area contributed by atoms with Crippen LogP contribution in [0.15, 0.2) is 53.3 Å². The fourth-order valence-electron chi connectivity index (χ4n) is 4.65. The molecule has 3 N–H and O–H groups in total. The smallest absolute Gasteiger partial charge is 0.348 e. The van der Waals surface area contributed by atoms with Crippen LogP contribution in [0.3, 0.4) is 0 Å². The Bertz CT molecular complexity index is 1310. The van der Waals surface area contributed by atoms with Gasteiger partial charge in [0.25, 0.3) is 0 Å². The van der Waals surface area contributed by atoms with Crippen molar-refractivity contribution in [3.8, 4) is 16.9 Å². The molecule has 2 aromatic heterocycles. The molecule has 8 nitrogen and oxygen atoms in total. The Labute approximate surface area is 185 Å². The van der Waals surface area contributed by atoms with Crippen LogP contribution in [0.1, 0.15) is 12.0 Å². The Morgan fingerprint density at radius 3 is 2.72 bits per heavy atom. The average Bonchev–Trinajstić information content (AvgIpc) is 3.05. The second kappa shape index (κ2) is 8.74. The van der Waals surface area contributed by atoms with Crippen LogP contribution >= 0.6 is 0 Å². The Hall–Kier alpha value is -3.20. The number of hydrogen-bond acceptors (Lipinski definition) is 6. The summed E-state index contributed by atoms with van der Waals surface area (Å²) < 4.78 is 1.58. The molecule has 0 amide bonds. The predicted octanol–water partition coefficient (Wildman–Crippen LogP) is 2.05. The highest BCUT2D eigenvalue weighted by Gasteiger charge is 2.17. The highest BCUT2D eigenvalue weighted by Crippen LogP contribution is 2.32. The highest BCUT2D eigenvalue weighted by molar-refractivity contribution is 5.96. The molecule has 4 aromatic rings. The van der Waals surface area contributed by atoms with Crippen molar-refractivity contribution in [2.24, 2.45) is 0 Å². The molecule has 32 heavy (non-hydrogen) atoms. The number of benzene rings is 2. The lowest BCUT2D eigenvalue weighted by Gasteiger charge is -2.22. The first-order valence-corrected chi connectivity index (χ1v) is 11.0. The number of nitrogens with zero attached hydrogens (tertiary/aromatic N) is 4. The molecule has 0 atom stereocenters. The van der Waals surface area contributed by atoms with Crippen molar-refractivity contribution in [2.75, 3.05) is 39.3 Å². The Balaban J connectivity index is 1.48. The van der Waals surface area contributed by atoms with Gasteiger partial charge in [-0.3, -0.25) is 9.80 Å². The number of rotatable bonds is 5. The lowest BCUT2D eigenvalue weighted by molar-refractivity contribution is 0.195. The number of nitrogens with one attached hydrogen (secondary N) is 1. The molecule has 5 rings (SSSR count). The van der Waals surface area contributed by atoms with E-state index in [1.165, 1.54) is 0 Å². The third-order valence-corrected chi connectivity index (χ3v) is 6.30. The van der Waals surface area contributed by atoms with Crippen molar-refractivity contribution in [2.45, 2.75) is 13.0 Å². The largest absolute Gasteiger partial charge is 0.508 e. The maximum atomic E-state index is 12.2. The van der Waals surface area contributed by atoms with E-state index in [1.807, 2.05) is 42.5 Å². The van der Waals surface area contributed by atoms with Crippen LogP contribution in [0.5, 0.6) is 5.75 Å². The fourth-order valence-corrected chi connectivity index (χ4v) is 4.65. The summed E-state index contributed by atoms with van der Waals surface area (Å²) in [5.41, 5.74) is 4.01. The summed E-state index contributed by atoms with van der Waals surface area (Å²) >= 11 is 0. The molecule has 1 aliphatic heterocycles. The number of H-pyrrole nitrogens is 1. The van der Waals surface area contributed by atoms with Gasteiger partial charge in [-0.2, -0.15) is 5.10 Å². The molecule has 0 bridgehead atoms. The molecule has 8 heteroatoms. The summed E-state index contributed by atoms with van der Waals surface area (Å²) in [4.78, 5) is 16.9. The molecule has 0 saturated carbocycles. The minimum absolute atomic E-state index is 0.186. The SMILES string of the molecule is O=c1[nH]nc2ccc3c(-c4ccc(O)c(CN5CCCN(CCO)CC5)c4)cccc3n12. The van der Waals surface area contributed by atoms with Gasteiger partial charge in [0.15, 0.2) is 5.65 Å². The van der Waals surface area contributed by atoms with Gasteiger partial charge in [-0.25, -0.2) is 14.3 Å². The molecule has 166 valence electrons. The van der Waals surface area contributed by atoms with E-state index in [-0.39, 0.29) is 12.3 Å². The van der Waals surface area contributed by atoms with Gasteiger partial charge < -0.3 is 10.2 Å². The van der Waals surface area contributed by atoms with Gasteiger partial charge in [0.05, 0.1) is 12.1 Å². The van der Waals surface area contributed by atoms with E-state index in [9.17, 15) is 15.0 Å². The Morgan fingerprint density at radius 1 is 1.00 bits per heavy atom. The van der Waals surface area contributed by atoms with Crippen LogP contribution in [0.25, 0.3) is 27.7 Å². The zero-order chi connectivity index (χ0) is 22.1. The van der Waals surface area contributed by atoms with E-state index in [2.05, 4.69) is 20.0 Å². The van der Waals surface area contributed by atoms with Crippen molar-refractivity contribution >= 4 is 16.6 Å². The molecular formula is C24H27N5O3. The topological polar surface area (TPSA) is 97.1 Å². The van der Waals surface area contributed by atoms with Gasteiger partial charge in [0.2, 0.25) is 0 Å². The number of aromatic amines is 1. The van der Waals surface area contributed by atoms with Gasteiger partial charge in [-0.1, -0.05) is 18.2 Å². The molecule has 0 radical (unpaired) electrons. The maximum absolute atomic E-state index is 12.2. The van der Waals surface area contributed by atoms with Gasteiger partial charge in [0, 0.05) is 37.1 Å². The number of aliphatic hydroxyl groups is 1. The number of pyridine rings is 1. The van der Waals surface area contributed by atoms with Crippen LogP contribution in [0, 0.1) is 0 Å². The molecule has 1 fully saturated rings. The van der Waals surface area contributed by atoms with Gasteiger partial charge in [0.1, 0.15) is 5.75 Å². The standard InChI is InChI=1S/C24H27N5O3/c30-14-13-27-9-2-10-28(12-11-27)16-18-15-17(5-7-22(18)31)19-3-1-4-21-20(19)6-8-23-25-26-24(32)29(21)23/h1,3-8,15,30-31H,2,9-14,16H2,(H,26,32). The minimum atomic E-state index is -0.259. The lowest BCUT2D eigenvalue weighted by atomic mass is 9.98. The normalized spacial score (nSPS) is 16.0. The number of hydrogen-bond donors (Lipinski definition) is 3. The van der Waals surface area contributed by atoms with Crippen LogP contribution in [-0.2, 0) is 6.54 Å². The van der Waals surface area contributed by atoms with E-state index >= 15 is 0 Å². The first-order valence-electron chi connectivity index (χ1n) is 11.0. The van der Waals surface area contributed by atoms with Crippen molar-refractivity contribution in [3.05, 3.63) is 64.6 Å². The second-order valence-corrected chi connectivity index (χ2v) is 8.33. The third-order valence-electron chi connectivity index (χ3n) is 6.30. The molecule has 0 unspecified atom stereocenters. The first-order chi connectivity index (χ1) is 15.6. The summed E-state index contributed by atoms with van der Waals surface area (Å²) in [6, 6.07) is 15.4. The molecule has 0 spiro atoms. The van der Waals surface area contributed by atoms with Gasteiger partial charge in [-0.05, 0) is 61.0 Å². The average molecular weight is 434 g/mol. The number of aromatic nitrogens is 3. The van der Waals surface area contributed by atoms with Crippen LogP contribution in [0.2, 0.25) is 0 Å². The van der Waals surface area contributed by atoms with Crippen molar-refractivity contribution in [3.63, 3.8) is 0 Å². The minimum Gasteiger partial charge on any atom is -0.508 e. The number of β-amino-alcohol motifs (C(OH)–C–C–N with tert-alkyl or cyclic N) is 1. The van der Waals surface area contributed by atoms with Crippen molar-refractivity contribution < 1.29 is 10.2 Å². The summed E-state index contributed by atoms with van der Waals surface area (Å²) in [6.45, 7) is 5.33. The van der Waals surface area contributed by atoms with Gasteiger partial charge >= 0.3 is 5.69 Å². The third kappa shape index (κ3) is 3.88. The predicted molar refractivity (Wildman–Crippen MR) is 124 cm³/mol. The second-order valence-electron chi connectivity index (χ2n) is 8.33. The molecule has 0 aliphatic carbocycles. The number of aliphatic hydroxyl groups excluding tert-OH is 1. The Morgan fingerprint density at radius 2 is 1.84 bits per heavy atom. The number of phenols is 1.